The van der Waals surface area contributed by atoms with Crippen LogP contribution in [0.15, 0.2) is 41.7 Å². The molecule has 3 aromatic rings. The molecule has 1 saturated carbocycles. The number of H-pyrrole nitrogens is 1. The number of aromatic amines is 1. The van der Waals surface area contributed by atoms with Crippen molar-refractivity contribution < 1.29 is 17.5 Å². The Morgan fingerprint density at radius 2 is 2.12 bits per heavy atom. The molecule has 1 fully saturated rings. The van der Waals surface area contributed by atoms with Crippen molar-refractivity contribution in [1.29, 1.82) is 0 Å². The molecule has 2 aromatic heterocycles. The monoisotopic (exact) mass is 376 g/mol. The highest BCUT2D eigenvalue weighted by molar-refractivity contribution is 7.89. The molecule has 2 heterocycles. The maximum atomic E-state index is 13.2. The van der Waals surface area contributed by atoms with Crippen LogP contribution in [0.25, 0.3) is 11.0 Å². The molecule has 7 nitrogen and oxygen atoms in total. The molecule has 0 amide bonds. The van der Waals surface area contributed by atoms with Crippen molar-refractivity contribution >= 4 is 21.1 Å². The van der Waals surface area contributed by atoms with Gasteiger partial charge in [0.1, 0.15) is 11.6 Å². The number of fused-ring (bicyclic) bond motifs is 1. The third kappa shape index (κ3) is 3.83. The number of aromatic nitrogens is 3. The molecule has 1 aliphatic carbocycles. The van der Waals surface area contributed by atoms with Gasteiger partial charge in [0.05, 0.1) is 29.9 Å². The Morgan fingerprint density at radius 3 is 2.92 bits per heavy atom. The van der Waals surface area contributed by atoms with Gasteiger partial charge >= 0.3 is 0 Å². The van der Waals surface area contributed by atoms with Crippen LogP contribution in [0, 0.1) is 11.7 Å². The molecule has 1 aliphatic rings. The van der Waals surface area contributed by atoms with E-state index in [-0.39, 0.29) is 11.7 Å². The van der Waals surface area contributed by atoms with Gasteiger partial charge in [-0.1, -0.05) is 0 Å². The predicted molar refractivity (Wildman–Crippen MR) is 92.5 cm³/mol. The lowest BCUT2D eigenvalue weighted by Gasteiger charge is -2.07. The fourth-order valence-corrected chi connectivity index (χ4v) is 3.40. The maximum Gasteiger partial charge on any atom is 0.274 e. The first-order valence-electron chi connectivity index (χ1n) is 8.22. The summed E-state index contributed by atoms with van der Waals surface area (Å²) in [7, 11) is -3.88. The molecule has 4 rings (SSSR count). The molecule has 0 radical (unpaired) electrons. The summed E-state index contributed by atoms with van der Waals surface area (Å²) in [6.45, 7) is 0.666. The zero-order valence-corrected chi connectivity index (χ0v) is 14.6. The van der Waals surface area contributed by atoms with Crippen LogP contribution < -0.4 is 9.46 Å². The average molecular weight is 376 g/mol. The van der Waals surface area contributed by atoms with Crippen LogP contribution in [-0.4, -0.2) is 30.0 Å². The van der Waals surface area contributed by atoms with Crippen LogP contribution >= 0.6 is 0 Å². The van der Waals surface area contributed by atoms with Crippen molar-refractivity contribution in [3.05, 3.63) is 48.0 Å². The Kier molecular flexibility index (Phi) is 4.33. The first-order valence-corrected chi connectivity index (χ1v) is 9.70. The summed E-state index contributed by atoms with van der Waals surface area (Å²) in [6.07, 6.45) is 3.97. The van der Waals surface area contributed by atoms with Gasteiger partial charge in [0.15, 0.2) is 0 Å². The van der Waals surface area contributed by atoms with E-state index in [4.69, 9.17) is 4.74 Å². The van der Waals surface area contributed by atoms with Gasteiger partial charge in [-0.3, -0.25) is 4.98 Å². The average Bonchev–Trinajstić information content (AvgIpc) is 3.36. The van der Waals surface area contributed by atoms with Crippen LogP contribution in [0.3, 0.4) is 0 Å². The lowest BCUT2D eigenvalue weighted by atomic mass is 10.3. The number of hydrogen-bond acceptors (Lipinski definition) is 5. The molecule has 0 spiro atoms. The number of pyridine rings is 1. The molecule has 0 saturated heterocycles. The standard InChI is InChI=1S/C17H17FN4O3S/c18-12-3-4-15-16(7-12)22-17(21-15)26(23,24)20-9-13-8-14(5-6-19-13)25-10-11-1-2-11/h3-8,11,20H,1-2,9-10H2,(H,21,22). The van der Waals surface area contributed by atoms with E-state index in [1.54, 1.807) is 18.3 Å². The summed E-state index contributed by atoms with van der Waals surface area (Å²) >= 11 is 0. The third-order valence-corrected chi connectivity index (χ3v) is 5.32. The first kappa shape index (κ1) is 16.9. The Morgan fingerprint density at radius 1 is 1.27 bits per heavy atom. The Labute approximate surface area is 149 Å². The second-order valence-corrected chi connectivity index (χ2v) is 7.95. The molecule has 9 heteroatoms. The molecule has 26 heavy (non-hydrogen) atoms. The number of hydrogen-bond donors (Lipinski definition) is 2. The number of benzene rings is 1. The topological polar surface area (TPSA) is 97.0 Å². The molecule has 0 aliphatic heterocycles. The third-order valence-electron chi connectivity index (χ3n) is 4.09. The van der Waals surface area contributed by atoms with E-state index in [1.807, 2.05) is 0 Å². The lowest BCUT2D eigenvalue weighted by Crippen LogP contribution is -2.24. The van der Waals surface area contributed by atoms with E-state index >= 15 is 0 Å². The summed E-state index contributed by atoms with van der Waals surface area (Å²) in [4.78, 5) is 10.8. The summed E-state index contributed by atoms with van der Waals surface area (Å²) in [5.41, 5.74) is 1.23. The van der Waals surface area contributed by atoms with Crippen LogP contribution in [0.5, 0.6) is 5.75 Å². The van der Waals surface area contributed by atoms with Crippen molar-refractivity contribution in [1.82, 2.24) is 19.7 Å². The van der Waals surface area contributed by atoms with Crippen LogP contribution in [-0.2, 0) is 16.6 Å². The van der Waals surface area contributed by atoms with Crippen LogP contribution in [0.2, 0.25) is 0 Å². The number of nitrogens with one attached hydrogen (secondary N) is 2. The number of imidazole rings is 1. The zero-order valence-electron chi connectivity index (χ0n) is 13.8. The van der Waals surface area contributed by atoms with Crippen LogP contribution in [0.4, 0.5) is 4.39 Å². The maximum absolute atomic E-state index is 13.2. The van der Waals surface area contributed by atoms with Gasteiger partial charge in [0, 0.05) is 12.3 Å². The molecule has 1 aromatic carbocycles. The molecule has 0 atom stereocenters. The number of rotatable bonds is 7. The van der Waals surface area contributed by atoms with Crippen molar-refractivity contribution in [3.8, 4) is 5.75 Å². The zero-order chi connectivity index (χ0) is 18.1. The van der Waals surface area contributed by atoms with Crippen LogP contribution in [0.1, 0.15) is 18.5 Å². The lowest BCUT2D eigenvalue weighted by molar-refractivity contribution is 0.299. The van der Waals surface area contributed by atoms with Gasteiger partial charge < -0.3 is 9.72 Å². The van der Waals surface area contributed by atoms with Gasteiger partial charge in [0.25, 0.3) is 10.0 Å². The number of halogens is 1. The number of nitrogens with zero attached hydrogens (tertiary/aromatic N) is 2. The molecule has 0 bridgehead atoms. The molecule has 2 N–H and O–H groups in total. The van der Waals surface area contributed by atoms with E-state index in [0.717, 1.165) is 0 Å². The van der Waals surface area contributed by atoms with Crippen molar-refractivity contribution in [2.24, 2.45) is 5.92 Å². The summed E-state index contributed by atoms with van der Waals surface area (Å²) < 4.78 is 46.2. The molecular weight excluding hydrogens is 359 g/mol. The van der Waals surface area contributed by atoms with Gasteiger partial charge in [-0.25, -0.2) is 22.5 Å². The van der Waals surface area contributed by atoms with Gasteiger partial charge in [-0.2, -0.15) is 0 Å². The number of ether oxygens (including phenoxy) is 1. The minimum absolute atomic E-state index is 0.00559. The Balaban J connectivity index is 1.46. The highest BCUT2D eigenvalue weighted by atomic mass is 32.2. The van der Waals surface area contributed by atoms with E-state index < -0.39 is 15.8 Å². The predicted octanol–water partition coefficient (Wildman–Crippen LogP) is 2.36. The van der Waals surface area contributed by atoms with E-state index in [0.29, 0.717) is 35.0 Å². The molecule has 0 unspecified atom stereocenters. The van der Waals surface area contributed by atoms with E-state index in [2.05, 4.69) is 19.7 Å². The molecule has 136 valence electrons. The largest absolute Gasteiger partial charge is 0.493 e. The Hall–Kier alpha value is -2.52. The fourth-order valence-electron chi connectivity index (χ4n) is 2.46. The smallest absolute Gasteiger partial charge is 0.274 e. The van der Waals surface area contributed by atoms with Gasteiger partial charge in [-0.15, -0.1) is 0 Å². The minimum Gasteiger partial charge on any atom is -0.493 e. The minimum atomic E-state index is -3.88. The van der Waals surface area contributed by atoms with Crippen molar-refractivity contribution in [3.63, 3.8) is 0 Å². The fraction of sp³-hybridized carbons (Fsp3) is 0.294. The second kappa shape index (κ2) is 6.65. The Bertz CT molecular complexity index is 1050. The molecular formula is C17H17FN4O3S. The SMILES string of the molecule is O=S(=O)(NCc1cc(OCC2CC2)ccn1)c1nc2ccc(F)cc2[nH]1. The van der Waals surface area contributed by atoms with Gasteiger partial charge in [-0.05, 0) is 43.0 Å². The van der Waals surface area contributed by atoms with E-state index in [1.165, 1.54) is 31.0 Å². The highest BCUT2D eigenvalue weighted by Gasteiger charge is 2.22. The van der Waals surface area contributed by atoms with Crippen molar-refractivity contribution in [2.45, 2.75) is 24.5 Å². The van der Waals surface area contributed by atoms with Gasteiger partial charge in [0.2, 0.25) is 5.16 Å². The quantitative estimate of drug-likeness (QED) is 0.660. The normalized spacial score (nSPS) is 14.7. The number of sulfonamides is 1. The highest BCUT2D eigenvalue weighted by Crippen LogP contribution is 2.29. The summed E-state index contributed by atoms with van der Waals surface area (Å²) in [6, 6.07) is 7.29. The van der Waals surface area contributed by atoms with E-state index in [9.17, 15) is 12.8 Å². The first-order chi connectivity index (χ1) is 12.5. The second-order valence-electron chi connectivity index (χ2n) is 6.27. The summed E-state index contributed by atoms with van der Waals surface area (Å²) in [5, 5.41) is -0.265. The summed E-state index contributed by atoms with van der Waals surface area (Å²) in [5.74, 6) is 0.827. The van der Waals surface area contributed by atoms with Crippen molar-refractivity contribution in [2.75, 3.05) is 6.61 Å².